The standard InChI is InChI=1S/C39H28N3O.C11H8N.Ir/c1-22-7-5-8-23(2)36(22)33-16-14-28-20-32(24(3)19-34(28)42-33)27-17-18-40-35(21-27)31-10-6-9-29-30-15-13-26-12-11-25(4)41-37(26)39(30)43-38(29)31;1-2-6-10(7-3-1)11-8-4-5-9-12-11;/h5-9,11-21H,1-4H3;1-6,8-9H;/q2*-1;. The van der Waals surface area contributed by atoms with Crippen LogP contribution in [0.15, 0.2) is 150 Å². The Morgan fingerprint density at radius 1 is 0.536 bits per heavy atom. The van der Waals surface area contributed by atoms with E-state index in [1.54, 1.807) is 6.20 Å². The normalized spacial score (nSPS) is 11.1. The van der Waals surface area contributed by atoms with Crippen molar-refractivity contribution in [1.82, 2.24) is 19.9 Å². The number of nitrogens with zero attached hydrogens (tertiary/aromatic N) is 4. The third-order valence-corrected chi connectivity index (χ3v) is 10.1. The summed E-state index contributed by atoms with van der Waals surface area (Å²) in [5, 5.41) is 4.25. The molecule has 5 nitrogen and oxygen atoms in total. The second-order valence-corrected chi connectivity index (χ2v) is 13.9. The number of fused-ring (bicyclic) bond motifs is 6. The van der Waals surface area contributed by atoms with E-state index >= 15 is 0 Å². The van der Waals surface area contributed by atoms with Crippen LogP contribution in [0.3, 0.4) is 0 Å². The van der Waals surface area contributed by atoms with Crippen LogP contribution >= 0.6 is 0 Å². The molecule has 0 aliphatic rings. The summed E-state index contributed by atoms with van der Waals surface area (Å²) in [4.78, 5) is 18.9. The summed E-state index contributed by atoms with van der Waals surface area (Å²) in [5.74, 6) is 0. The van der Waals surface area contributed by atoms with E-state index in [9.17, 15) is 0 Å². The van der Waals surface area contributed by atoms with E-state index in [-0.39, 0.29) is 20.1 Å². The molecule has 1 radical (unpaired) electrons. The third kappa shape index (κ3) is 6.90. The molecule has 10 aromatic rings. The van der Waals surface area contributed by atoms with E-state index in [1.807, 2.05) is 67.7 Å². The molecule has 0 N–H and O–H groups in total. The Bertz CT molecular complexity index is 2970. The monoisotopic (exact) mass is 901 g/mol. The number of furan rings is 1. The molecule has 5 aromatic carbocycles. The Morgan fingerprint density at radius 2 is 1.32 bits per heavy atom. The second kappa shape index (κ2) is 15.4. The number of rotatable bonds is 4. The number of hydrogen-bond donors (Lipinski definition) is 0. The fraction of sp³-hybridized carbons (Fsp3) is 0.0800. The molecule has 273 valence electrons. The van der Waals surface area contributed by atoms with Crippen molar-refractivity contribution in [3.8, 4) is 44.9 Å². The van der Waals surface area contributed by atoms with Gasteiger partial charge < -0.3 is 14.4 Å². The summed E-state index contributed by atoms with van der Waals surface area (Å²) >= 11 is 0. The predicted molar refractivity (Wildman–Crippen MR) is 225 cm³/mol. The van der Waals surface area contributed by atoms with Crippen molar-refractivity contribution >= 4 is 43.7 Å². The Balaban J connectivity index is 0.000000290. The van der Waals surface area contributed by atoms with Crippen molar-refractivity contribution in [2.24, 2.45) is 0 Å². The van der Waals surface area contributed by atoms with Gasteiger partial charge in [-0.25, -0.2) is 9.97 Å². The van der Waals surface area contributed by atoms with Gasteiger partial charge in [-0.05, 0) is 103 Å². The zero-order valence-electron chi connectivity index (χ0n) is 31.4. The molecule has 0 fully saturated rings. The number of benzene rings is 5. The molecule has 0 saturated heterocycles. The van der Waals surface area contributed by atoms with Crippen LogP contribution in [0.25, 0.3) is 88.6 Å². The van der Waals surface area contributed by atoms with Crippen LogP contribution in [-0.4, -0.2) is 19.9 Å². The first kappa shape index (κ1) is 36.6. The zero-order chi connectivity index (χ0) is 37.5. The van der Waals surface area contributed by atoms with Crippen molar-refractivity contribution in [3.63, 3.8) is 0 Å². The van der Waals surface area contributed by atoms with Crippen molar-refractivity contribution in [2.75, 3.05) is 0 Å². The minimum Gasteiger partial charge on any atom is -0.498 e. The average Bonchev–Trinajstić information content (AvgIpc) is 3.61. The molecule has 5 aromatic heterocycles. The smallest absolute Gasteiger partial charge is 0.147 e. The fourth-order valence-corrected chi connectivity index (χ4v) is 7.42. The Labute approximate surface area is 339 Å². The Morgan fingerprint density at radius 3 is 2.12 bits per heavy atom. The predicted octanol–water partition coefficient (Wildman–Crippen LogP) is 12.7. The van der Waals surface area contributed by atoms with Gasteiger partial charge in [-0.2, -0.15) is 0 Å². The van der Waals surface area contributed by atoms with Gasteiger partial charge in [0.15, 0.2) is 0 Å². The summed E-state index contributed by atoms with van der Waals surface area (Å²) in [6.45, 7) is 8.44. The zero-order valence-corrected chi connectivity index (χ0v) is 33.8. The molecule has 56 heavy (non-hydrogen) atoms. The maximum atomic E-state index is 6.56. The van der Waals surface area contributed by atoms with Crippen LogP contribution in [0.5, 0.6) is 0 Å². The summed E-state index contributed by atoms with van der Waals surface area (Å²) in [7, 11) is 0. The molecule has 6 heteroatoms. The summed E-state index contributed by atoms with van der Waals surface area (Å²) in [6.07, 6.45) is 3.66. The van der Waals surface area contributed by atoms with Crippen molar-refractivity contribution in [3.05, 3.63) is 180 Å². The third-order valence-electron chi connectivity index (χ3n) is 10.1. The van der Waals surface area contributed by atoms with Gasteiger partial charge in [-0.3, -0.25) is 0 Å². The first-order chi connectivity index (χ1) is 26.9. The Kier molecular flexibility index (Phi) is 10.1. The molecule has 0 atom stereocenters. The van der Waals surface area contributed by atoms with Gasteiger partial charge in [0.25, 0.3) is 0 Å². The first-order valence-corrected chi connectivity index (χ1v) is 18.4. The molecule has 0 spiro atoms. The molecule has 5 heterocycles. The Hall–Kier alpha value is -6.33. The number of aromatic nitrogens is 4. The van der Waals surface area contributed by atoms with Crippen LogP contribution in [0.4, 0.5) is 0 Å². The quantitative estimate of drug-likeness (QED) is 0.165. The topological polar surface area (TPSA) is 64.7 Å². The molecule has 0 aliphatic carbocycles. The van der Waals surface area contributed by atoms with Gasteiger partial charge in [0, 0.05) is 59.9 Å². The second-order valence-electron chi connectivity index (χ2n) is 13.9. The van der Waals surface area contributed by atoms with E-state index in [2.05, 4.69) is 117 Å². The summed E-state index contributed by atoms with van der Waals surface area (Å²) in [5.41, 5.74) is 16.2. The minimum absolute atomic E-state index is 0. The van der Waals surface area contributed by atoms with E-state index in [0.717, 1.165) is 94.3 Å². The van der Waals surface area contributed by atoms with Crippen LogP contribution < -0.4 is 0 Å². The van der Waals surface area contributed by atoms with Gasteiger partial charge in [-0.1, -0.05) is 71.6 Å². The van der Waals surface area contributed by atoms with Gasteiger partial charge in [0.2, 0.25) is 0 Å². The van der Waals surface area contributed by atoms with E-state index in [4.69, 9.17) is 19.4 Å². The van der Waals surface area contributed by atoms with Gasteiger partial charge in [0.05, 0.1) is 16.8 Å². The van der Waals surface area contributed by atoms with Crippen molar-refractivity contribution < 1.29 is 24.5 Å². The van der Waals surface area contributed by atoms with Crippen LogP contribution in [0, 0.1) is 39.8 Å². The molecule has 10 rings (SSSR count). The molecule has 0 aliphatic heterocycles. The van der Waals surface area contributed by atoms with Gasteiger partial charge >= 0.3 is 0 Å². The SMILES string of the molecule is Cc1ccc2ccc3c4cc[c-]c(-c5cc(-c6cc7ccc(-c8c(C)cccc8C)nc7cc6C)ccn5)c4oc3c2n1.[Ir].[c-]1ccccc1-c1ccccn1. The van der Waals surface area contributed by atoms with Gasteiger partial charge in [0.1, 0.15) is 11.1 Å². The first-order valence-electron chi connectivity index (χ1n) is 18.4. The molecular formula is C50H36IrN4O-2. The van der Waals surface area contributed by atoms with Gasteiger partial charge in [-0.15, -0.1) is 54.1 Å². The fourth-order valence-electron chi connectivity index (χ4n) is 7.42. The number of hydrogen-bond acceptors (Lipinski definition) is 5. The maximum absolute atomic E-state index is 6.56. The molecule has 0 amide bonds. The number of pyridine rings is 4. The van der Waals surface area contributed by atoms with E-state index < -0.39 is 0 Å². The van der Waals surface area contributed by atoms with Crippen LogP contribution in [-0.2, 0) is 20.1 Å². The van der Waals surface area contributed by atoms with E-state index in [1.165, 1.54) is 16.7 Å². The average molecular weight is 901 g/mol. The molecule has 0 saturated carbocycles. The summed E-state index contributed by atoms with van der Waals surface area (Å²) in [6, 6.07) is 51.9. The molecule has 0 unspecified atom stereocenters. The molecular weight excluding hydrogens is 865 g/mol. The van der Waals surface area contributed by atoms with Crippen molar-refractivity contribution in [1.29, 1.82) is 0 Å². The van der Waals surface area contributed by atoms with Crippen molar-refractivity contribution in [2.45, 2.75) is 27.7 Å². The summed E-state index contributed by atoms with van der Waals surface area (Å²) < 4.78 is 6.56. The maximum Gasteiger partial charge on any atom is 0.147 e. The molecule has 0 bridgehead atoms. The van der Waals surface area contributed by atoms with E-state index in [0.29, 0.717) is 0 Å². The van der Waals surface area contributed by atoms with Crippen LogP contribution in [0.2, 0.25) is 0 Å². The minimum atomic E-state index is 0. The van der Waals surface area contributed by atoms with Crippen LogP contribution in [0.1, 0.15) is 22.4 Å². The largest absolute Gasteiger partial charge is 0.498 e. The number of aryl methyl sites for hydroxylation is 4.